The quantitative estimate of drug-likeness (QED) is 0.885. The molecule has 3 rings (SSSR count). The molecular weight excluding hydrogens is 336 g/mol. The monoisotopic (exact) mass is 358 g/mol. The van der Waals surface area contributed by atoms with E-state index in [9.17, 15) is 4.79 Å². The molecule has 2 heterocycles. The molecule has 0 radical (unpaired) electrons. The Morgan fingerprint density at radius 1 is 1.20 bits per heavy atom. The number of hydrogen-bond acceptors (Lipinski definition) is 4. The second-order valence-corrected chi connectivity index (χ2v) is 7.16. The molecule has 0 unspecified atom stereocenters. The highest BCUT2D eigenvalue weighted by atomic mass is 35.5. The van der Waals surface area contributed by atoms with Gasteiger partial charge in [-0.1, -0.05) is 24.6 Å². The predicted octanol–water partition coefficient (Wildman–Crippen LogP) is 4.36. The van der Waals surface area contributed by atoms with Gasteiger partial charge in [-0.25, -0.2) is 9.97 Å². The first-order valence-electron chi connectivity index (χ1n) is 8.60. The van der Waals surface area contributed by atoms with Crippen LogP contribution in [0.4, 0.5) is 11.5 Å². The van der Waals surface area contributed by atoms with Crippen molar-refractivity contribution in [2.45, 2.75) is 33.6 Å². The third kappa shape index (κ3) is 4.28. The van der Waals surface area contributed by atoms with Gasteiger partial charge < -0.3 is 10.2 Å². The smallest absolute Gasteiger partial charge is 0.272 e. The van der Waals surface area contributed by atoms with Gasteiger partial charge >= 0.3 is 0 Å². The Morgan fingerprint density at radius 2 is 1.92 bits per heavy atom. The molecule has 1 aromatic carbocycles. The summed E-state index contributed by atoms with van der Waals surface area (Å²) in [5.41, 5.74) is 2.28. The van der Waals surface area contributed by atoms with E-state index >= 15 is 0 Å². The lowest BCUT2D eigenvalue weighted by Gasteiger charge is -2.30. The molecule has 0 atom stereocenters. The van der Waals surface area contributed by atoms with Crippen LogP contribution in [0.3, 0.4) is 0 Å². The Hall–Kier alpha value is -2.14. The van der Waals surface area contributed by atoms with Crippen molar-refractivity contribution in [1.29, 1.82) is 0 Å². The third-order valence-electron chi connectivity index (χ3n) is 4.57. The average molecular weight is 359 g/mol. The number of carbonyl (C=O) groups is 1. The third-order valence-corrected chi connectivity index (χ3v) is 4.98. The highest BCUT2D eigenvalue weighted by molar-refractivity contribution is 6.31. The summed E-state index contributed by atoms with van der Waals surface area (Å²) in [5, 5.41) is 3.90. The van der Waals surface area contributed by atoms with E-state index in [1.54, 1.807) is 13.0 Å². The van der Waals surface area contributed by atoms with E-state index in [1.165, 1.54) is 0 Å². The van der Waals surface area contributed by atoms with Gasteiger partial charge in [-0.2, -0.15) is 0 Å². The topological polar surface area (TPSA) is 58.1 Å². The summed E-state index contributed by atoms with van der Waals surface area (Å²) in [6.45, 7) is 7.56. The average Bonchev–Trinajstić information content (AvgIpc) is 2.58. The largest absolute Gasteiger partial charge is 0.340 e. The van der Waals surface area contributed by atoms with Crippen LogP contribution in [0.5, 0.6) is 0 Å². The van der Waals surface area contributed by atoms with Gasteiger partial charge in [0.25, 0.3) is 5.91 Å². The molecule has 2 aromatic rings. The molecular formula is C19H23ClN4O. The molecule has 0 aliphatic carbocycles. The molecule has 0 saturated carbocycles. The number of aromatic nitrogens is 2. The first-order chi connectivity index (χ1) is 11.9. The van der Waals surface area contributed by atoms with E-state index in [2.05, 4.69) is 22.2 Å². The summed E-state index contributed by atoms with van der Waals surface area (Å²) in [7, 11) is 0. The summed E-state index contributed by atoms with van der Waals surface area (Å²) in [6, 6.07) is 7.44. The Labute approximate surface area is 153 Å². The number of halogens is 1. The molecule has 1 aliphatic rings. The minimum Gasteiger partial charge on any atom is -0.340 e. The van der Waals surface area contributed by atoms with Crippen LogP contribution in [-0.2, 0) is 0 Å². The normalized spacial score (nSPS) is 15.3. The van der Waals surface area contributed by atoms with Gasteiger partial charge in [0.15, 0.2) is 0 Å². The van der Waals surface area contributed by atoms with Gasteiger partial charge in [-0.15, -0.1) is 0 Å². The van der Waals surface area contributed by atoms with Crippen molar-refractivity contribution in [2.75, 3.05) is 18.4 Å². The SMILES string of the molecule is Cc1nc(Nc2ccc(C)c(Cl)c2)cc(C(=O)N2CCC(C)CC2)n1. The van der Waals surface area contributed by atoms with Crippen molar-refractivity contribution in [2.24, 2.45) is 5.92 Å². The van der Waals surface area contributed by atoms with E-state index in [0.29, 0.717) is 28.3 Å². The minimum atomic E-state index is -0.0256. The van der Waals surface area contributed by atoms with Crippen LogP contribution in [0.25, 0.3) is 0 Å². The zero-order chi connectivity index (χ0) is 18.0. The highest BCUT2D eigenvalue weighted by Crippen LogP contribution is 2.23. The van der Waals surface area contributed by atoms with Crippen LogP contribution < -0.4 is 5.32 Å². The number of anilines is 2. The van der Waals surface area contributed by atoms with Crippen molar-refractivity contribution in [3.05, 3.63) is 46.4 Å². The molecule has 132 valence electrons. The molecule has 1 amide bonds. The zero-order valence-corrected chi connectivity index (χ0v) is 15.6. The van der Waals surface area contributed by atoms with Crippen molar-refractivity contribution in [1.82, 2.24) is 14.9 Å². The number of carbonyl (C=O) groups excluding carboxylic acids is 1. The van der Waals surface area contributed by atoms with E-state index in [-0.39, 0.29) is 5.91 Å². The van der Waals surface area contributed by atoms with Gasteiger partial charge in [0.05, 0.1) is 0 Å². The number of rotatable bonds is 3. The summed E-state index contributed by atoms with van der Waals surface area (Å²) in [5.74, 6) is 1.82. The van der Waals surface area contributed by atoms with Gasteiger partial charge in [0.1, 0.15) is 17.3 Å². The van der Waals surface area contributed by atoms with E-state index in [0.717, 1.165) is 37.2 Å². The highest BCUT2D eigenvalue weighted by Gasteiger charge is 2.23. The minimum absolute atomic E-state index is 0.0256. The van der Waals surface area contributed by atoms with Crippen molar-refractivity contribution < 1.29 is 4.79 Å². The maximum absolute atomic E-state index is 12.7. The fourth-order valence-corrected chi connectivity index (χ4v) is 3.11. The van der Waals surface area contributed by atoms with Crippen molar-refractivity contribution in [3.63, 3.8) is 0 Å². The van der Waals surface area contributed by atoms with Crippen LogP contribution in [0.15, 0.2) is 24.3 Å². The molecule has 5 nitrogen and oxygen atoms in total. The van der Waals surface area contributed by atoms with Crippen LogP contribution in [0.2, 0.25) is 5.02 Å². The number of benzene rings is 1. The number of hydrogen-bond donors (Lipinski definition) is 1. The van der Waals surface area contributed by atoms with Crippen molar-refractivity contribution >= 4 is 29.0 Å². The van der Waals surface area contributed by atoms with Crippen LogP contribution in [0, 0.1) is 19.8 Å². The van der Waals surface area contributed by atoms with Gasteiger partial charge in [0, 0.05) is 29.9 Å². The summed E-state index contributed by atoms with van der Waals surface area (Å²) in [4.78, 5) is 23.3. The van der Waals surface area contributed by atoms with Crippen LogP contribution in [-0.4, -0.2) is 33.9 Å². The second kappa shape index (κ2) is 7.40. The lowest BCUT2D eigenvalue weighted by Crippen LogP contribution is -2.38. The Morgan fingerprint density at radius 3 is 2.60 bits per heavy atom. The molecule has 0 bridgehead atoms. The maximum Gasteiger partial charge on any atom is 0.272 e. The first-order valence-corrected chi connectivity index (χ1v) is 8.98. The number of aryl methyl sites for hydroxylation is 2. The Balaban J connectivity index is 1.80. The molecule has 1 N–H and O–H groups in total. The zero-order valence-electron chi connectivity index (χ0n) is 14.8. The Kier molecular flexibility index (Phi) is 5.23. The molecule has 6 heteroatoms. The first kappa shape index (κ1) is 17.7. The van der Waals surface area contributed by atoms with Crippen LogP contribution >= 0.6 is 11.6 Å². The lowest BCUT2D eigenvalue weighted by atomic mass is 9.99. The standard InChI is InChI=1S/C19H23ClN4O/c1-12-6-8-24(9-7-12)19(25)17-11-18(22-14(3)21-17)23-15-5-4-13(2)16(20)10-15/h4-5,10-12H,6-9H2,1-3H3,(H,21,22,23). The molecule has 1 aromatic heterocycles. The maximum atomic E-state index is 12.7. The number of likely N-dealkylation sites (tertiary alicyclic amines) is 1. The van der Waals surface area contributed by atoms with E-state index in [4.69, 9.17) is 11.6 Å². The van der Waals surface area contributed by atoms with E-state index in [1.807, 2.05) is 30.0 Å². The fraction of sp³-hybridized carbons (Fsp3) is 0.421. The molecule has 25 heavy (non-hydrogen) atoms. The Bertz CT molecular complexity index is 785. The predicted molar refractivity (Wildman–Crippen MR) is 101 cm³/mol. The van der Waals surface area contributed by atoms with Crippen molar-refractivity contribution in [3.8, 4) is 0 Å². The molecule has 1 saturated heterocycles. The van der Waals surface area contributed by atoms with Gasteiger partial charge in [-0.3, -0.25) is 4.79 Å². The van der Waals surface area contributed by atoms with Gasteiger partial charge in [0.2, 0.25) is 0 Å². The molecule has 0 spiro atoms. The van der Waals surface area contributed by atoms with E-state index < -0.39 is 0 Å². The number of nitrogens with one attached hydrogen (secondary N) is 1. The lowest BCUT2D eigenvalue weighted by molar-refractivity contribution is 0.0691. The molecule has 1 aliphatic heterocycles. The number of nitrogens with zero attached hydrogens (tertiary/aromatic N) is 3. The fourth-order valence-electron chi connectivity index (χ4n) is 2.93. The number of amides is 1. The summed E-state index contributed by atoms with van der Waals surface area (Å²) in [6.07, 6.45) is 2.09. The van der Waals surface area contributed by atoms with Gasteiger partial charge in [-0.05, 0) is 50.3 Å². The summed E-state index contributed by atoms with van der Waals surface area (Å²) < 4.78 is 0. The van der Waals surface area contributed by atoms with Crippen LogP contribution in [0.1, 0.15) is 41.6 Å². The summed E-state index contributed by atoms with van der Waals surface area (Å²) >= 11 is 6.17. The molecule has 1 fully saturated rings. The number of piperidine rings is 1. The second-order valence-electron chi connectivity index (χ2n) is 6.75.